The number of carbonyl (C=O) groups excluding carboxylic acids is 5. The van der Waals surface area contributed by atoms with Gasteiger partial charge in [-0.15, -0.1) is 11.8 Å². The number of ether oxygens (including phenoxy) is 2. The molecule has 10 nitrogen and oxygen atoms in total. The van der Waals surface area contributed by atoms with Gasteiger partial charge in [0.2, 0.25) is 23.0 Å². The number of unbranched alkanes of at least 4 members (excludes halogenated alkanes) is 2. The van der Waals surface area contributed by atoms with Crippen molar-refractivity contribution in [1.29, 1.82) is 0 Å². The molecule has 0 spiro atoms. The van der Waals surface area contributed by atoms with Crippen LogP contribution in [0.25, 0.3) is 0 Å². The molecule has 1 aromatic heterocycles. The molecule has 1 amide bonds. The average Bonchev–Trinajstić information content (AvgIpc) is 3.17. The Bertz CT molecular complexity index is 771. The highest BCUT2D eigenvalue weighted by atomic mass is 32.2. The second-order valence-electron chi connectivity index (χ2n) is 5.26. The SMILES string of the molecule is C=O.COC(=O)NCCCCCSC1=CC(=O)c2onc(C(=O)OC)c2C1=O. The van der Waals surface area contributed by atoms with Crippen LogP contribution in [0.15, 0.2) is 15.5 Å². The Morgan fingerprint density at radius 1 is 1.18 bits per heavy atom. The number of rotatable bonds is 8. The minimum atomic E-state index is -0.833. The molecule has 1 heterocycles. The highest BCUT2D eigenvalue weighted by molar-refractivity contribution is 8.04. The minimum absolute atomic E-state index is 0.144. The summed E-state index contributed by atoms with van der Waals surface area (Å²) in [6.45, 7) is 2.50. The number of esters is 1. The smallest absolute Gasteiger partial charge is 0.406 e. The van der Waals surface area contributed by atoms with Gasteiger partial charge in [-0.3, -0.25) is 9.59 Å². The zero-order chi connectivity index (χ0) is 21.1. The van der Waals surface area contributed by atoms with Crippen LogP contribution in [0.1, 0.15) is 50.7 Å². The Balaban J connectivity index is 0.00000190. The highest BCUT2D eigenvalue weighted by Crippen LogP contribution is 2.31. The predicted octanol–water partition coefficient (Wildman–Crippen LogP) is 1.80. The van der Waals surface area contributed by atoms with Gasteiger partial charge >= 0.3 is 12.1 Å². The molecule has 1 aromatic rings. The summed E-state index contributed by atoms with van der Waals surface area (Å²) in [6.07, 6.45) is 3.11. The van der Waals surface area contributed by atoms with E-state index in [1.165, 1.54) is 24.9 Å². The highest BCUT2D eigenvalue weighted by Gasteiger charge is 2.36. The fraction of sp³-hybridized carbons (Fsp3) is 0.412. The predicted molar refractivity (Wildman–Crippen MR) is 98.4 cm³/mol. The number of amides is 1. The van der Waals surface area contributed by atoms with Crippen molar-refractivity contribution in [2.24, 2.45) is 0 Å². The zero-order valence-corrected chi connectivity index (χ0v) is 16.3. The van der Waals surface area contributed by atoms with Crippen molar-refractivity contribution < 1.29 is 38.0 Å². The summed E-state index contributed by atoms with van der Waals surface area (Å²) in [6, 6.07) is 0. The van der Waals surface area contributed by atoms with E-state index in [0.29, 0.717) is 12.3 Å². The molecule has 1 N–H and O–H groups in total. The number of methoxy groups -OCH3 is 2. The molecule has 0 saturated heterocycles. The van der Waals surface area contributed by atoms with Gasteiger partial charge in [-0.2, -0.15) is 0 Å². The van der Waals surface area contributed by atoms with E-state index in [2.05, 4.69) is 19.9 Å². The van der Waals surface area contributed by atoms with Gasteiger partial charge in [0.15, 0.2) is 0 Å². The van der Waals surface area contributed by atoms with Crippen LogP contribution in [0, 0.1) is 0 Å². The van der Waals surface area contributed by atoms with E-state index in [4.69, 9.17) is 9.32 Å². The lowest BCUT2D eigenvalue weighted by atomic mass is 10.00. The molecule has 0 unspecified atom stereocenters. The Labute approximate surface area is 165 Å². The van der Waals surface area contributed by atoms with Gasteiger partial charge < -0.3 is 24.1 Å². The quantitative estimate of drug-likeness (QED) is 0.496. The van der Waals surface area contributed by atoms with Gasteiger partial charge in [0, 0.05) is 12.6 Å². The number of allylic oxidation sites excluding steroid dienone is 2. The maximum Gasteiger partial charge on any atom is 0.406 e. The van der Waals surface area contributed by atoms with Crippen LogP contribution in [-0.4, -0.2) is 62.1 Å². The largest absolute Gasteiger partial charge is 0.464 e. The maximum atomic E-state index is 12.5. The van der Waals surface area contributed by atoms with Crippen LogP contribution in [0.5, 0.6) is 0 Å². The Morgan fingerprint density at radius 3 is 2.54 bits per heavy atom. The number of Topliss-reactive ketones (excluding diaryl/α,β-unsaturated/α-hetero) is 1. The standard InChI is InChI=1S/C16H18N2O7S.CH2O/c1-23-15(21)12-11-13(20)10(8-9(19)14(11)25-18-12)26-7-5-3-4-6-17-16(22)24-2;1-2/h8H,3-7H2,1-2H3,(H,17,22);1H2. The molecule has 1 aliphatic rings. The van der Waals surface area contributed by atoms with Gasteiger partial charge in [0.1, 0.15) is 12.4 Å². The molecule has 0 atom stereocenters. The number of carbonyl (C=O) groups is 5. The zero-order valence-electron chi connectivity index (χ0n) is 15.4. The number of hydrogen-bond acceptors (Lipinski definition) is 10. The average molecular weight is 412 g/mol. The van der Waals surface area contributed by atoms with Crippen molar-refractivity contribution in [3.8, 4) is 0 Å². The van der Waals surface area contributed by atoms with E-state index >= 15 is 0 Å². The van der Waals surface area contributed by atoms with Crippen molar-refractivity contribution in [1.82, 2.24) is 10.5 Å². The molecule has 11 heteroatoms. The lowest BCUT2D eigenvalue weighted by Gasteiger charge is -2.10. The molecule has 28 heavy (non-hydrogen) atoms. The third-order valence-corrected chi connectivity index (χ3v) is 4.65. The molecule has 0 aromatic carbocycles. The van der Waals surface area contributed by atoms with Crippen LogP contribution in [0.3, 0.4) is 0 Å². The van der Waals surface area contributed by atoms with E-state index in [9.17, 15) is 19.2 Å². The summed E-state index contributed by atoms with van der Waals surface area (Å²) < 4.78 is 13.8. The molecule has 152 valence electrons. The normalized spacial score (nSPS) is 12.3. The van der Waals surface area contributed by atoms with Crippen molar-refractivity contribution in [3.05, 3.63) is 28.0 Å². The van der Waals surface area contributed by atoms with Crippen LogP contribution in [0.2, 0.25) is 0 Å². The first kappa shape index (κ1) is 23.1. The number of thioether (sulfide) groups is 1. The Morgan fingerprint density at radius 2 is 1.89 bits per heavy atom. The summed E-state index contributed by atoms with van der Waals surface area (Å²) in [5, 5.41) is 6.05. The summed E-state index contributed by atoms with van der Waals surface area (Å²) in [5.41, 5.74) is -0.435. The summed E-state index contributed by atoms with van der Waals surface area (Å²) in [7, 11) is 2.45. The number of nitrogens with one attached hydrogen (secondary N) is 1. The van der Waals surface area contributed by atoms with Gasteiger partial charge in [-0.25, -0.2) is 9.59 Å². The topological polar surface area (TPSA) is 142 Å². The lowest BCUT2D eigenvalue weighted by Crippen LogP contribution is -2.23. The van der Waals surface area contributed by atoms with Crippen LogP contribution in [-0.2, 0) is 14.3 Å². The maximum absolute atomic E-state index is 12.5. The molecule has 0 radical (unpaired) electrons. The van der Waals surface area contributed by atoms with Crippen LogP contribution >= 0.6 is 11.8 Å². The van der Waals surface area contributed by atoms with Gasteiger partial charge in [-0.1, -0.05) is 11.6 Å². The summed E-state index contributed by atoms with van der Waals surface area (Å²) >= 11 is 1.23. The first-order valence-electron chi connectivity index (χ1n) is 8.11. The first-order chi connectivity index (χ1) is 13.5. The molecule has 0 aliphatic heterocycles. The number of nitrogens with zero attached hydrogens (tertiary/aromatic N) is 1. The van der Waals surface area contributed by atoms with Gasteiger partial charge in [-0.05, 0) is 18.6 Å². The van der Waals surface area contributed by atoms with E-state index in [0.717, 1.165) is 26.4 Å². The second-order valence-corrected chi connectivity index (χ2v) is 6.39. The number of hydrogen-bond donors (Lipinski definition) is 1. The van der Waals surface area contributed by atoms with E-state index in [-0.39, 0.29) is 21.9 Å². The monoisotopic (exact) mass is 412 g/mol. The molecule has 0 saturated carbocycles. The number of ketones is 2. The number of aromatic nitrogens is 1. The van der Waals surface area contributed by atoms with Crippen LogP contribution < -0.4 is 5.32 Å². The van der Waals surface area contributed by atoms with Crippen LogP contribution in [0.4, 0.5) is 4.79 Å². The molecular weight excluding hydrogens is 392 g/mol. The fourth-order valence-corrected chi connectivity index (χ4v) is 3.23. The van der Waals surface area contributed by atoms with E-state index in [1.54, 1.807) is 0 Å². The summed E-state index contributed by atoms with van der Waals surface area (Å²) in [5.74, 6) is -1.45. The van der Waals surface area contributed by atoms with Gasteiger partial charge in [0.25, 0.3) is 0 Å². The molecule has 0 bridgehead atoms. The molecule has 1 aliphatic carbocycles. The van der Waals surface area contributed by atoms with Crippen molar-refractivity contribution in [2.75, 3.05) is 26.5 Å². The third-order valence-electron chi connectivity index (χ3n) is 3.54. The van der Waals surface area contributed by atoms with Gasteiger partial charge in [0.05, 0.1) is 19.1 Å². The molecular formula is C17H20N2O8S. The number of alkyl carbamates (subject to hydrolysis) is 1. The Kier molecular flexibility index (Phi) is 9.65. The first-order valence-corrected chi connectivity index (χ1v) is 9.10. The number of fused-ring (bicyclic) bond motifs is 1. The summed E-state index contributed by atoms with van der Waals surface area (Å²) in [4.78, 5) is 55.4. The lowest BCUT2D eigenvalue weighted by molar-refractivity contribution is -0.0980. The minimum Gasteiger partial charge on any atom is -0.464 e. The van der Waals surface area contributed by atoms with Crippen molar-refractivity contribution in [3.63, 3.8) is 0 Å². The van der Waals surface area contributed by atoms with E-state index in [1.807, 2.05) is 6.79 Å². The molecule has 2 rings (SSSR count). The third kappa shape index (κ3) is 5.78. The van der Waals surface area contributed by atoms with Crippen molar-refractivity contribution in [2.45, 2.75) is 19.3 Å². The fourth-order valence-electron chi connectivity index (χ4n) is 2.23. The molecule has 0 fully saturated rings. The van der Waals surface area contributed by atoms with E-state index < -0.39 is 23.6 Å². The second kappa shape index (κ2) is 11.7. The van der Waals surface area contributed by atoms with Crippen molar-refractivity contribution >= 4 is 42.2 Å². The Hall–Kier alpha value is -2.95.